The number of hydrogen-bond acceptors (Lipinski definition) is 3. The van der Waals surface area contributed by atoms with Gasteiger partial charge in [0, 0.05) is 24.5 Å². The van der Waals surface area contributed by atoms with Gasteiger partial charge in [0.05, 0.1) is 11.4 Å². The number of alkyl halides is 1. The van der Waals surface area contributed by atoms with Gasteiger partial charge in [-0.25, -0.2) is 9.38 Å². The van der Waals surface area contributed by atoms with Crippen molar-refractivity contribution in [1.82, 2.24) is 4.57 Å². The summed E-state index contributed by atoms with van der Waals surface area (Å²) >= 11 is 0. The fraction of sp³-hybridized carbons (Fsp3) is 0.227. The molecule has 2 heterocycles. The van der Waals surface area contributed by atoms with Crippen molar-refractivity contribution in [3.63, 3.8) is 0 Å². The van der Waals surface area contributed by atoms with Crippen LogP contribution in [0.3, 0.4) is 0 Å². The number of hydrogen-bond donors (Lipinski definition) is 1. The van der Waals surface area contributed by atoms with E-state index in [0.29, 0.717) is 12.3 Å². The molecule has 1 aromatic heterocycles. The van der Waals surface area contributed by atoms with Crippen molar-refractivity contribution >= 4 is 17.4 Å². The SMILES string of the molecule is CC1=CC(/C=C/c2ccc(OCF)cc2)=NC/1=C(/CCN)c1cccn1C. The summed E-state index contributed by atoms with van der Waals surface area (Å²) in [4.78, 5) is 4.82. The van der Waals surface area contributed by atoms with Crippen LogP contribution in [-0.2, 0) is 7.05 Å². The monoisotopic (exact) mass is 365 g/mol. The minimum atomic E-state index is -0.822. The molecule has 1 aromatic carbocycles. The normalized spacial score (nSPS) is 15.9. The number of aromatic nitrogens is 1. The van der Waals surface area contributed by atoms with E-state index in [4.69, 9.17) is 15.5 Å². The standard InChI is InChI=1S/C22H24FN3O/c1-16-14-18(8-5-17-6-9-19(10-7-17)27-15-23)25-22(16)20(11-12-24)21-4-3-13-26(21)2/h3-10,13-14H,11-12,15,24H2,1-2H3/b8-5+,22-20-. The van der Waals surface area contributed by atoms with Crippen molar-refractivity contribution in [3.8, 4) is 5.75 Å². The Morgan fingerprint density at radius 1 is 1.22 bits per heavy atom. The molecule has 0 amide bonds. The molecule has 0 radical (unpaired) electrons. The Morgan fingerprint density at radius 2 is 2.00 bits per heavy atom. The van der Waals surface area contributed by atoms with E-state index >= 15 is 0 Å². The van der Waals surface area contributed by atoms with E-state index in [-0.39, 0.29) is 0 Å². The molecule has 140 valence electrons. The molecule has 0 spiro atoms. The van der Waals surface area contributed by atoms with E-state index in [0.717, 1.165) is 40.2 Å². The highest BCUT2D eigenvalue weighted by Crippen LogP contribution is 2.31. The van der Waals surface area contributed by atoms with Gasteiger partial charge in [-0.3, -0.25) is 0 Å². The van der Waals surface area contributed by atoms with Gasteiger partial charge in [0.1, 0.15) is 5.75 Å². The second kappa shape index (κ2) is 8.64. The quantitative estimate of drug-likeness (QED) is 0.785. The van der Waals surface area contributed by atoms with Crippen molar-refractivity contribution in [1.29, 1.82) is 0 Å². The molecule has 0 saturated carbocycles. The maximum Gasteiger partial charge on any atom is 0.228 e. The van der Waals surface area contributed by atoms with Gasteiger partial charge < -0.3 is 15.0 Å². The molecular weight excluding hydrogens is 341 g/mol. The van der Waals surface area contributed by atoms with Crippen LogP contribution < -0.4 is 10.5 Å². The molecule has 2 N–H and O–H groups in total. The predicted molar refractivity (Wildman–Crippen MR) is 109 cm³/mol. The topological polar surface area (TPSA) is 52.5 Å². The first-order valence-electron chi connectivity index (χ1n) is 8.91. The molecule has 4 nitrogen and oxygen atoms in total. The van der Waals surface area contributed by atoms with Crippen molar-refractivity contribution < 1.29 is 9.13 Å². The lowest BCUT2D eigenvalue weighted by Crippen LogP contribution is -2.05. The molecule has 1 aliphatic rings. The number of rotatable bonds is 7. The molecule has 27 heavy (non-hydrogen) atoms. The molecule has 2 aromatic rings. The Labute approximate surface area is 159 Å². The average molecular weight is 365 g/mol. The van der Waals surface area contributed by atoms with E-state index in [1.54, 1.807) is 12.1 Å². The molecule has 0 bridgehead atoms. The second-order valence-corrected chi connectivity index (χ2v) is 6.39. The third-order valence-electron chi connectivity index (χ3n) is 4.46. The van der Waals surface area contributed by atoms with Gasteiger partial charge in [-0.2, -0.15) is 0 Å². The first kappa shape index (κ1) is 18.9. The Morgan fingerprint density at radius 3 is 2.63 bits per heavy atom. The fourth-order valence-corrected chi connectivity index (χ4v) is 3.14. The largest absolute Gasteiger partial charge is 0.463 e. The van der Waals surface area contributed by atoms with Crippen molar-refractivity contribution in [2.24, 2.45) is 17.8 Å². The predicted octanol–water partition coefficient (Wildman–Crippen LogP) is 4.51. The first-order chi connectivity index (χ1) is 13.1. The zero-order valence-electron chi connectivity index (χ0n) is 15.7. The number of ether oxygens (including phenoxy) is 1. The number of benzene rings is 1. The Kier molecular flexibility index (Phi) is 6.04. The van der Waals surface area contributed by atoms with Crippen LogP contribution in [0.15, 0.2) is 71.0 Å². The zero-order chi connectivity index (χ0) is 19.2. The van der Waals surface area contributed by atoms with Crippen LogP contribution in [0.5, 0.6) is 5.75 Å². The highest BCUT2D eigenvalue weighted by atomic mass is 19.1. The van der Waals surface area contributed by atoms with Gasteiger partial charge in [0.25, 0.3) is 0 Å². The summed E-state index contributed by atoms with van der Waals surface area (Å²) < 4.78 is 19.1. The van der Waals surface area contributed by atoms with Gasteiger partial charge in [0.2, 0.25) is 6.86 Å². The fourth-order valence-electron chi connectivity index (χ4n) is 3.14. The van der Waals surface area contributed by atoms with E-state index in [2.05, 4.69) is 23.6 Å². The third kappa shape index (κ3) is 4.44. The maximum atomic E-state index is 12.2. The first-order valence-corrected chi connectivity index (χ1v) is 8.91. The number of nitrogens with zero attached hydrogens (tertiary/aromatic N) is 2. The molecule has 0 fully saturated rings. The smallest absolute Gasteiger partial charge is 0.228 e. The average Bonchev–Trinajstić information content (AvgIpc) is 3.25. The minimum absolute atomic E-state index is 0.516. The lowest BCUT2D eigenvalue weighted by molar-refractivity contribution is 0.192. The number of aryl methyl sites for hydroxylation is 1. The molecule has 3 rings (SSSR count). The van der Waals surface area contributed by atoms with E-state index < -0.39 is 6.86 Å². The van der Waals surface area contributed by atoms with Crippen molar-refractivity contribution in [2.45, 2.75) is 13.3 Å². The zero-order valence-corrected chi connectivity index (χ0v) is 15.7. The lowest BCUT2D eigenvalue weighted by atomic mass is 10.0. The molecule has 0 aliphatic carbocycles. The van der Waals surface area contributed by atoms with Crippen LogP contribution in [0.4, 0.5) is 4.39 Å². The summed E-state index contributed by atoms with van der Waals surface area (Å²) in [7, 11) is 2.03. The van der Waals surface area contributed by atoms with Crippen LogP contribution in [-0.4, -0.2) is 23.7 Å². The third-order valence-corrected chi connectivity index (χ3v) is 4.46. The minimum Gasteiger partial charge on any atom is -0.463 e. The summed E-state index contributed by atoms with van der Waals surface area (Å²) in [5.41, 5.74) is 12.2. The van der Waals surface area contributed by atoms with Gasteiger partial charge in [0.15, 0.2) is 0 Å². The number of nitrogens with two attached hydrogens (primary N) is 1. The highest BCUT2D eigenvalue weighted by molar-refractivity contribution is 6.10. The van der Waals surface area contributed by atoms with Crippen LogP contribution in [0.25, 0.3) is 11.6 Å². The van der Waals surface area contributed by atoms with Gasteiger partial charge >= 0.3 is 0 Å². The summed E-state index contributed by atoms with van der Waals surface area (Å²) in [6, 6.07) is 11.4. The lowest BCUT2D eigenvalue weighted by Gasteiger charge is -2.11. The van der Waals surface area contributed by atoms with Gasteiger partial charge in [-0.05, 0) is 67.4 Å². The Balaban J connectivity index is 1.86. The number of allylic oxidation sites excluding steroid dienone is 3. The molecular formula is C22H24FN3O. The Hall–Kier alpha value is -2.92. The van der Waals surface area contributed by atoms with Gasteiger partial charge in [-0.15, -0.1) is 0 Å². The van der Waals surface area contributed by atoms with E-state index in [9.17, 15) is 4.39 Å². The summed E-state index contributed by atoms with van der Waals surface area (Å²) in [5.74, 6) is 0.516. The Bertz CT molecular complexity index is 917. The van der Waals surface area contributed by atoms with Crippen molar-refractivity contribution in [2.75, 3.05) is 13.4 Å². The summed E-state index contributed by atoms with van der Waals surface area (Å²) in [5, 5.41) is 0. The van der Waals surface area contributed by atoms with Crippen molar-refractivity contribution in [3.05, 3.63) is 77.3 Å². The molecule has 0 atom stereocenters. The second-order valence-electron chi connectivity index (χ2n) is 6.39. The summed E-state index contributed by atoms with van der Waals surface area (Å²) in [6.45, 7) is 1.82. The van der Waals surface area contributed by atoms with Crippen LogP contribution in [0.2, 0.25) is 0 Å². The number of halogens is 1. The highest BCUT2D eigenvalue weighted by Gasteiger charge is 2.17. The molecule has 0 unspecified atom stereocenters. The molecule has 1 aliphatic heterocycles. The van der Waals surface area contributed by atoms with Crippen LogP contribution in [0.1, 0.15) is 24.6 Å². The van der Waals surface area contributed by atoms with E-state index in [1.165, 1.54) is 0 Å². The summed E-state index contributed by atoms with van der Waals surface area (Å²) in [6.07, 6.45) is 8.84. The maximum absolute atomic E-state index is 12.2. The molecule has 0 saturated heterocycles. The molecule has 5 heteroatoms. The van der Waals surface area contributed by atoms with E-state index in [1.807, 2.05) is 43.6 Å². The van der Waals surface area contributed by atoms with Crippen LogP contribution in [0, 0.1) is 0 Å². The van der Waals surface area contributed by atoms with Gasteiger partial charge in [-0.1, -0.05) is 18.2 Å². The number of aliphatic imine (C=N–C) groups is 1. The van der Waals surface area contributed by atoms with Crippen LogP contribution >= 0.6 is 0 Å².